The lowest BCUT2D eigenvalue weighted by molar-refractivity contribution is -0.134. The third-order valence-electron chi connectivity index (χ3n) is 5.88. The first-order chi connectivity index (χ1) is 17.0. The fourth-order valence-corrected chi connectivity index (χ4v) is 3.80. The summed E-state index contributed by atoms with van der Waals surface area (Å²) < 4.78 is 6.96. The number of rotatable bonds is 10. The van der Waals surface area contributed by atoms with Gasteiger partial charge in [0.15, 0.2) is 0 Å². The smallest absolute Gasteiger partial charge is 0.328 e. The Morgan fingerprint density at radius 1 is 1.17 bits per heavy atom. The Morgan fingerprint density at radius 2 is 1.81 bits per heavy atom. The monoisotopic (exact) mass is 504 g/mol. The summed E-state index contributed by atoms with van der Waals surface area (Å²) in [7, 11) is 1.71. The van der Waals surface area contributed by atoms with Gasteiger partial charge >= 0.3 is 11.9 Å². The molecular weight excluding hydrogens is 468 g/mol. The normalized spacial score (nSPS) is 15.6. The predicted octanol–water partition coefficient (Wildman–Crippen LogP) is 1.92. The maximum atomic E-state index is 12.8. The lowest BCUT2D eigenvalue weighted by atomic mass is 9.91. The van der Waals surface area contributed by atoms with Gasteiger partial charge in [-0.1, -0.05) is 12.1 Å². The van der Waals surface area contributed by atoms with Crippen LogP contribution in [-0.4, -0.2) is 93.3 Å². The minimum absolute atomic E-state index is 0.185. The van der Waals surface area contributed by atoms with Crippen LogP contribution in [0.3, 0.4) is 0 Å². The van der Waals surface area contributed by atoms with E-state index in [1.807, 2.05) is 23.0 Å². The topological polar surface area (TPSA) is 154 Å². The first-order valence-electron chi connectivity index (χ1n) is 11.9. The Bertz CT molecular complexity index is 1040. The number of piperidine rings is 1. The lowest BCUT2D eigenvalue weighted by Crippen LogP contribution is -2.51. The van der Waals surface area contributed by atoms with Crippen LogP contribution in [0.25, 0.3) is 10.9 Å². The highest BCUT2D eigenvalue weighted by Gasteiger charge is 2.32. The third kappa shape index (κ3) is 9.06. The summed E-state index contributed by atoms with van der Waals surface area (Å²) in [6.45, 7) is 7.80. The Morgan fingerprint density at radius 3 is 2.36 bits per heavy atom. The van der Waals surface area contributed by atoms with Crippen molar-refractivity contribution in [3.8, 4) is 0 Å². The highest BCUT2D eigenvalue weighted by atomic mass is 16.5. The van der Waals surface area contributed by atoms with Crippen molar-refractivity contribution >= 4 is 28.7 Å². The van der Waals surface area contributed by atoms with Gasteiger partial charge in [-0.05, 0) is 39.2 Å². The van der Waals surface area contributed by atoms with E-state index in [-0.39, 0.29) is 18.5 Å². The molecule has 0 saturated carbocycles. The number of nitrogens with one attached hydrogen (secondary N) is 1. The van der Waals surface area contributed by atoms with Gasteiger partial charge in [0, 0.05) is 69.7 Å². The molecule has 0 bridgehead atoms. The Kier molecular flexibility index (Phi) is 11.0. The molecule has 36 heavy (non-hydrogen) atoms. The van der Waals surface area contributed by atoms with E-state index in [0.29, 0.717) is 36.1 Å². The molecule has 11 nitrogen and oxygen atoms in total. The van der Waals surface area contributed by atoms with E-state index < -0.39 is 17.5 Å². The molecule has 4 N–H and O–H groups in total. The molecule has 3 rings (SSSR count). The van der Waals surface area contributed by atoms with E-state index in [0.717, 1.165) is 38.0 Å². The van der Waals surface area contributed by atoms with Gasteiger partial charge in [0.25, 0.3) is 5.91 Å². The van der Waals surface area contributed by atoms with Crippen molar-refractivity contribution in [1.29, 1.82) is 0 Å². The van der Waals surface area contributed by atoms with Crippen LogP contribution in [0.4, 0.5) is 0 Å². The average molecular weight is 505 g/mol. The molecule has 1 aliphatic rings. The molecule has 0 unspecified atom stereocenters. The maximum Gasteiger partial charge on any atom is 0.328 e. The second-order valence-corrected chi connectivity index (χ2v) is 9.05. The molecule has 0 aliphatic carbocycles. The number of amides is 1. The Labute approximate surface area is 210 Å². The zero-order valence-corrected chi connectivity index (χ0v) is 21.0. The quantitative estimate of drug-likeness (QED) is 0.281. The molecule has 0 spiro atoms. The van der Waals surface area contributed by atoms with Crippen LogP contribution in [-0.2, 0) is 14.3 Å². The van der Waals surface area contributed by atoms with Gasteiger partial charge in [-0.3, -0.25) is 9.48 Å². The van der Waals surface area contributed by atoms with Crippen LogP contribution in [0.1, 0.15) is 49.5 Å². The number of aliphatic hydroxyl groups is 1. The number of aliphatic carboxylic acids is 2. The van der Waals surface area contributed by atoms with Gasteiger partial charge in [0.2, 0.25) is 0 Å². The Hall–Kier alpha value is -3.28. The summed E-state index contributed by atoms with van der Waals surface area (Å²) in [6.07, 6.45) is 5.39. The molecule has 0 atom stereocenters. The van der Waals surface area contributed by atoms with Crippen molar-refractivity contribution in [1.82, 2.24) is 20.0 Å². The number of ether oxygens (including phenoxy) is 1. The largest absolute Gasteiger partial charge is 0.478 e. The fourth-order valence-electron chi connectivity index (χ4n) is 3.80. The van der Waals surface area contributed by atoms with Crippen molar-refractivity contribution in [2.45, 2.75) is 44.8 Å². The maximum absolute atomic E-state index is 12.8. The molecule has 1 aromatic carbocycles. The molecule has 11 heteroatoms. The van der Waals surface area contributed by atoms with E-state index in [1.165, 1.54) is 0 Å². The molecule has 2 aromatic rings. The standard InChI is InChI=1S/C21H32N4O3.C4H4O4/c1-16(2)25-14-17-6-4-7-18(19(17)23-25)20(26)22-15-21(27)8-11-24(12-9-21)10-5-13-28-3;5-3(6)1-2-4(7)8/h4,6-7,14,16,27H,5,8-13,15H2,1-3H3,(H,22,26);1-2H,(H,5,6)(H,7,8). The summed E-state index contributed by atoms with van der Waals surface area (Å²) >= 11 is 0. The second kappa shape index (κ2) is 13.7. The third-order valence-corrected chi connectivity index (χ3v) is 5.88. The number of benzene rings is 1. The van der Waals surface area contributed by atoms with E-state index in [4.69, 9.17) is 14.9 Å². The van der Waals surface area contributed by atoms with Crippen LogP contribution in [0.5, 0.6) is 0 Å². The first kappa shape index (κ1) is 29.0. The Balaban J connectivity index is 0.000000493. The summed E-state index contributed by atoms with van der Waals surface area (Å²) in [5, 5.41) is 34.9. The first-order valence-corrected chi connectivity index (χ1v) is 11.9. The van der Waals surface area contributed by atoms with Crippen molar-refractivity contribution in [3.63, 3.8) is 0 Å². The van der Waals surface area contributed by atoms with E-state index in [9.17, 15) is 19.5 Å². The van der Waals surface area contributed by atoms with Crippen molar-refractivity contribution in [3.05, 3.63) is 42.1 Å². The molecule has 1 aromatic heterocycles. The number of hydrogen-bond donors (Lipinski definition) is 4. The zero-order chi connectivity index (χ0) is 26.7. The minimum Gasteiger partial charge on any atom is -0.478 e. The molecule has 1 amide bonds. The second-order valence-electron chi connectivity index (χ2n) is 9.05. The van der Waals surface area contributed by atoms with Crippen LogP contribution in [0.2, 0.25) is 0 Å². The van der Waals surface area contributed by atoms with Gasteiger partial charge in [0.05, 0.1) is 11.2 Å². The van der Waals surface area contributed by atoms with Crippen molar-refractivity contribution < 1.29 is 34.4 Å². The van der Waals surface area contributed by atoms with Crippen LogP contribution in [0, 0.1) is 0 Å². The number of carbonyl (C=O) groups is 3. The minimum atomic E-state index is -1.26. The van der Waals surface area contributed by atoms with Crippen LogP contribution >= 0.6 is 0 Å². The number of carboxylic acids is 2. The molecule has 2 heterocycles. The number of carboxylic acid groups (broad SMARTS) is 2. The van der Waals surface area contributed by atoms with Gasteiger partial charge < -0.3 is 30.3 Å². The van der Waals surface area contributed by atoms with Gasteiger partial charge in [0.1, 0.15) is 5.52 Å². The van der Waals surface area contributed by atoms with Gasteiger partial charge in [-0.25, -0.2) is 9.59 Å². The number of likely N-dealkylation sites (tertiary alicyclic amines) is 1. The van der Waals surface area contributed by atoms with E-state index in [2.05, 4.69) is 29.2 Å². The average Bonchev–Trinajstić information content (AvgIpc) is 3.28. The predicted molar refractivity (Wildman–Crippen MR) is 134 cm³/mol. The molecular formula is C25H36N4O7. The van der Waals surface area contributed by atoms with E-state index >= 15 is 0 Å². The molecule has 1 aliphatic heterocycles. The number of fused-ring (bicyclic) bond motifs is 1. The van der Waals surface area contributed by atoms with Crippen LogP contribution in [0.15, 0.2) is 36.5 Å². The highest BCUT2D eigenvalue weighted by Crippen LogP contribution is 2.23. The zero-order valence-electron chi connectivity index (χ0n) is 21.0. The fraction of sp³-hybridized carbons (Fsp3) is 0.520. The molecule has 1 fully saturated rings. The van der Waals surface area contributed by atoms with Crippen molar-refractivity contribution in [2.75, 3.05) is 39.9 Å². The lowest BCUT2D eigenvalue weighted by Gasteiger charge is -2.38. The summed E-state index contributed by atoms with van der Waals surface area (Å²) in [6, 6.07) is 5.86. The number of carbonyl (C=O) groups excluding carboxylic acids is 1. The SMILES string of the molecule is COCCCN1CCC(O)(CNC(=O)c2cccc3cn(C(C)C)nc23)CC1.O=C(O)C=CC(=O)O. The molecule has 0 radical (unpaired) electrons. The summed E-state index contributed by atoms with van der Waals surface area (Å²) in [5.74, 6) is -2.70. The molecule has 1 saturated heterocycles. The number of hydrogen-bond acceptors (Lipinski definition) is 7. The van der Waals surface area contributed by atoms with Gasteiger partial charge in [-0.15, -0.1) is 0 Å². The number of nitrogens with zero attached hydrogens (tertiary/aromatic N) is 3. The van der Waals surface area contributed by atoms with Crippen LogP contribution < -0.4 is 5.32 Å². The molecule has 198 valence electrons. The van der Waals surface area contributed by atoms with Gasteiger partial charge in [-0.2, -0.15) is 5.10 Å². The van der Waals surface area contributed by atoms with E-state index in [1.54, 1.807) is 13.2 Å². The summed E-state index contributed by atoms with van der Waals surface area (Å²) in [5.41, 5.74) is 0.407. The number of methoxy groups -OCH3 is 1. The number of aromatic nitrogens is 2. The highest BCUT2D eigenvalue weighted by molar-refractivity contribution is 6.05. The summed E-state index contributed by atoms with van der Waals surface area (Å²) in [4.78, 5) is 34.2. The van der Waals surface area contributed by atoms with Crippen molar-refractivity contribution in [2.24, 2.45) is 0 Å².